The van der Waals surface area contributed by atoms with Crippen LogP contribution in [-0.2, 0) is 37.4 Å². The Hall–Kier alpha value is -15.1. The number of nitrogens with zero attached hydrogens (tertiary/aromatic N) is 16. The number of imidazole rings is 1. The summed E-state index contributed by atoms with van der Waals surface area (Å²) in [6, 6.07) is 61.6. The van der Waals surface area contributed by atoms with Crippen molar-refractivity contribution < 1.29 is 52.1 Å². The Labute approximate surface area is 699 Å². The Bertz CT molecular complexity index is 6850. The minimum atomic E-state index is -1.16. The Morgan fingerprint density at radius 3 is 1.25 bits per heavy atom. The van der Waals surface area contributed by atoms with Crippen molar-refractivity contribution in [3.63, 3.8) is 0 Å². The Kier molecular flexibility index (Phi) is 23.7. The molecule has 123 heavy (non-hydrogen) atoms. The second kappa shape index (κ2) is 35.1. The molecule has 31 heteroatoms. The molecule has 8 aromatic heterocycles. The van der Waals surface area contributed by atoms with E-state index < -0.39 is 40.9 Å². The van der Waals surface area contributed by atoms with Gasteiger partial charge in [0.15, 0.2) is 5.82 Å². The van der Waals surface area contributed by atoms with Crippen molar-refractivity contribution in [1.29, 1.82) is 0 Å². The number of amides is 4. The molecule has 1 aliphatic rings. The van der Waals surface area contributed by atoms with Crippen molar-refractivity contribution >= 4 is 78.3 Å². The minimum Gasteiger partial charge on any atom is -0.388 e. The number of aliphatic hydroxyl groups excluding tert-OH is 1. The van der Waals surface area contributed by atoms with Crippen molar-refractivity contribution in [3.8, 4) is 44.5 Å². The molecule has 27 nitrogen and oxygen atoms in total. The topological polar surface area (TPSA) is 407 Å². The van der Waals surface area contributed by atoms with Gasteiger partial charge in [-0.2, -0.15) is 9.90 Å². The summed E-state index contributed by atoms with van der Waals surface area (Å²) in [6.45, 7) is 8.71. The van der Waals surface area contributed by atoms with Crippen LogP contribution in [0.1, 0.15) is 141 Å². The molecule has 3 unspecified atom stereocenters. The zero-order chi connectivity index (χ0) is 86.5. The molecule has 1 aliphatic carbocycles. The van der Waals surface area contributed by atoms with E-state index in [1.807, 2.05) is 123 Å². The summed E-state index contributed by atoms with van der Waals surface area (Å²) >= 11 is 0. The number of aromatic nitrogens is 16. The van der Waals surface area contributed by atoms with E-state index in [0.29, 0.717) is 72.8 Å². The highest BCUT2D eigenvalue weighted by atomic mass is 19.1. The SMILES string of the molecule is CCC(C)(O)c1nnn(Cc2ccc3c(-c4ccc(F)cc4)cc(C(N)=O)nc3c2)n1.CCC(C)(O)c1nnnn1Cc1ccc2c(-c3ccc(F)cc3)cc(C(N)=O)nc2c1.NC(=O)c1cc(-c2ccc(F)cc2)c2ccc(Cn3cc(C(O)C4CC4)cn3)cc2n1.NC(=O)c1cc(-c2ccc(F)cc2)c2ccc(Cn3cnc4ccccc43)cc2n1. The monoisotopic (exact) mass is 1650 g/mol. The average molecular weight is 1650 g/mol. The van der Waals surface area contributed by atoms with Gasteiger partial charge in [0.2, 0.25) is 5.82 Å². The molecule has 1 fully saturated rings. The number of rotatable bonds is 22. The summed E-state index contributed by atoms with van der Waals surface area (Å²) in [7, 11) is 0. The number of hydrogen-bond donors (Lipinski definition) is 7. The van der Waals surface area contributed by atoms with Crippen LogP contribution in [0, 0.1) is 29.2 Å². The number of aliphatic hydroxyl groups is 3. The lowest BCUT2D eigenvalue weighted by Gasteiger charge is -2.20. The van der Waals surface area contributed by atoms with Crippen molar-refractivity contribution in [2.75, 3.05) is 0 Å². The first-order valence-electron chi connectivity index (χ1n) is 39.2. The fourth-order valence-corrected chi connectivity index (χ4v) is 14.2. The number of nitrogens with two attached hydrogens (primary N) is 4. The van der Waals surface area contributed by atoms with E-state index >= 15 is 0 Å². The van der Waals surface area contributed by atoms with Gasteiger partial charge in [0, 0.05) is 39.8 Å². The third-order valence-electron chi connectivity index (χ3n) is 21.4. The van der Waals surface area contributed by atoms with Crippen LogP contribution in [0.2, 0.25) is 0 Å². The Morgan fingerprint density at radius 2 is 0.854 bits per heavy atom. The lowest BCUT2D eigenvalue weighted by Crippen LogP contribution is -2.26. The van der Waals surface area contributed by atoms with Crippen LogP contribution in [0.25, 0.3) is 99.2 Å². The molecule has 3 atom stereocenters. The van der Waals surface area contributed by atoms with Gasteiger partial charge >= 0.3 is 0 Å². The molecule has 18 rings (SSSR count). The van der Waals surface area contributed by atoms with Crippen LogP contribution >= 0.6 is 0 Å². The van der Waals surface area contributed by atoms with Gasteiger partial charge < -0.3 is 42.8 Å². The van der Waals surface area contributed by atoms with Crippen molar-refractivity contribution in [2.24, 2.45) is 28.9 Å². The second-order valence-electron chi connectivity index (χ2n) is 30.3. The fraction of sp³-hybridized carbons (Fsp3) is 0.174. The van der Waals surface area contributed by atoms with Crippen molar-refractivity contribution in [1.82, 2.24) is 79.7 Å². The first-order chi connectivity index (χ1) is 59.1. The predicted molar refractivity (Wildman–Crippen MR) is 454 cm³/mol. The number of tetrazole rings is 2. The molecule has 1 saturated carbocycles. The summed E-state index contributed by atoms with van der Waals surface area (Å²) in [5.74, 6) is -2.91. The molecule has 0 aliphatic heterocycles. The van der Waals surface area contributed by atoms with E-state index in [4.69, 9.17) is 22.9 Å². The number of carbonyl (C=O) groups excluding carboxylic acids is 4. The van der Waals surface area contributed by atoms with Crippen LogP contribution in [0.3, 0.4) is 0 Å². The van der Waals surface area contributed by atoms with E-state index in [1.54, 1.807) is 97.5 Å². The van der Waals surface area contributed by atoms with E-state index in [0.717, 1.165) is 118 Å². The van der Waals surface area contributed by atoms with Gasteiger partial charge in [0.1, 0.15) is 57.2 Å². The summed E-state index contributed by atoms with van der Waals surface area (Å²) in [5.41, 5.74) is 35.1. The largest absolute Gasteiger partial charge is 0.388 e. The number of para-hydroxylation sites is 2. The second-order valence-corrected chi connectivity index (χ2v) is 30.3. The summed E-state index contributed by atoms with van der Waals surface area (Å²) in [4.78, 5) is 70.9. The molecule has 618 valence electrons. The lowest BCUT2D eigenvalue weighted by atomic mass is 9.98. The van der Waals surface area contributed by atoms with Gasteiger partial charge in [-0.25, -0.2) is 47.2 Å². The van der Waals surface area contributed by atoms with E-state index in [2.05, 4.69) is 65.5 Å². The summed E-state index contributed by atoms with van der Waals surface area (Å²) in [5, 5.41) is 62.6. The van der Waals surface area contributed by atoms with E-state index in [-0.39, 0.29) is 51.9 Å². The smallest absolute Gasteiger partial charge is 0.267 e. The van der Waals surface area contributed by atoms with Crippen LogP contribution in [0.15, 0.2) is 237 Å². The first-order valence-corrected chi connectivity index (χ1v) is 39.2. The third-order valence-corrected chi connectivity index (χ3v) is 21.4. The quantitative estimate of drug-likeness (QED) is 0.0310. The van der Waals surface area contributed by atoms with Crippen molar-refractivity contribution in [3.05, 3.63) is 323 Å². The molecular formula is C92H80F4N20O7. The normalized spacial score (nSPS) is 13.1. The van der Waals surface area contributed by atoms with Crippen LogP contribution in [-0.4, -0.2) is 119 Å². The molecule has 17 aromatic rings. The predicted octanol–water partition coefficient (Wildman–Crippen LogP) is 13.9. The van der Waals surface area contributed by atoms with Gasteiger partial charge in [-0.1, -0.05) is 123 Å². The maximum atomic E-state index is 13.4. The first kappa shape index (κ1) is 83.0. The Morgan fingerprint density at radius 1 is 0.463 bits per heavy atom. The van der Waals surface area contributed by atoms with E-state index in [1.165, 1.54) is 58.0 Å². The maximum Gasteiger partial charge on any atom is 0.267 e. The lowest BCUT2D eigenvalue weighted by molar-refractivity contribution is 0.0390. The van der Waals surface area contributed by atoms with Gasteiger partial charge in [0.25, 0.3) is 23.6 Å². The third kappa shape index (κ3) is 18.8. The number of primary amides is 4. The number of carbonyl (C=O) groups is 4. The number of halogens is 4. The van der Waals surface area contributed by atoms with Crippen LogP contribution < -0.4 is 22.9 Å². The Balaban J connectivity index is 0.000000127. The van der Waals surface area contributed by atoms with Crippen LogP contribution in [0.5, 0.6) is 0 Å². The molecule has 9 aromatic carbocycles. The number of pyridine rings is 4. The van der Waals surface area contributed by atoms with Crippen LogP contribution in [0.4, 0.5) is 17.6 Å². The molecule has 8 heterocycles. The summed E-state index contributed by atoms with van der Waals surface area (Å²) in [6.07, 6.45) is 7.96. The van der Waals surface area contributed by atoms with Gasteiger partial charge in [-0.3, -0.25) is 23.9 Å². The molecular weight excluding hydrogens is 1570 g/mol. The van der Waals surface area contributed by atoms with Crippen molar-refractivity contribution in [2.45, 2.75) is 96.9 Å². The van der Waals surface area contributed by atoms with Gasteiger partial charge in [-0.05, 0) is 237 Å². The maximum absolute atomic E-state index is 13.4. The zero-order valence-electron chi connectivity index (χ0n) is 66.8. The molecule has 0 radical (unpaired) electrons. The fourth-order valence-electron chi connectivity index (χ4n) is 14.2. The molecule has 4 amide bonds. The van der Waals surface area contributed by atoms with Gasteiger partial charge in [-0.15, -0.1) is 15.3 Å². The highest BCUT2D eigenvalue weighted by Crippen LogP contribution is 2.41. The number of hydrogen-bond acceptors (Lipinski definition) is 19. The molecule has 0 saturated heterocycles. The molecule has 11 N–H and O–H groups in total. The highest BCUT2D eigenvalue weighted by molar-refractivity contribution is 6.04. The number of fused-ring (bicyclic) bond motifs is 5. The van der Waals surface area contributed by atoms with Gasteiger partial charge in [0.05, 0.1) is 71.4 Å². The molecule has 0 bridgehead atoms. The zero-order valence-corrected chi connectivity index (χ0v) is 66.8. The number of benzene rings is 9. The van der Waals surface area contributed by atoms with E-state index in [9.17, 15) is 52.1 Å². The minimum absolute atomic E-state index is 0.112. The average Bonchev–Trinajstić information content (AvgIpc) is 1.69. The highest BCUT2D eigenvalue weighted by Gasteiger charge is 2.32. The standard InChI is InChI=1S/C24H21FN4O2.C24H17FN4O.2C22H21FN6O2/c25-18-6-4-15(5-7-18)20-10-22(24(26)31)28-21-9-14(1-8-19(20)21)12-29-13-17(11-27-29)23(30)16-2-3-16;25-17-8-6-16(7-9-17)19-12-22(24(26)30)28-21-11-15(5-10-18(19)21)13-29-14-27-20-3-1-2-4-23(20)29;1-3-22(2,31)21-26-27-28-29(21)12-13-4-9-16-17(14-5-7-15(23)8-6-14)11-19(20(24)30)25-18(16)10-13;1-3-22(2,31)21-26-28-29(27-21)12-13-4-9-16-17(14-5-7-15(23)8-6-14)11-19(20(24)30)25-18(16)10-13/h1,4-11,13,16,23,30H,2-3,12H2,(H2,26,31);1-12,14H,13H2,(H2,26,30);2*4-11,31H,3,12H2,1-2H3,(H2,24,30). The molecule has 0 spiro atoms. The summed E-state index contributed by atoms with van der Waals surface area (Å²) < 4.78 is 58.9.